The Morgan fingerprint density at radius 1 is 1.27 bits per heavy atom. The molecule has 0 amide bonds. The van der Waals surface area contributed by atoms with Crippen LogP contribution in [0.15, 0.2) is 36.4 Å². The molecule has 0 radical (unpaired) electrons. The SMILES string of the molecule is CC1(Cc2nc3[nH]c(C(=O)O)nc3n2C[C@@H]2CCO2)CCN(c2cccc(OCc3ccc(C#N)cc3F)n2)CC1. The Labute approximate surface area is 235 Å². The lowest BCUT2D eigenvalue weighted by Gasteiger charge is -2.40. The van der Waals surface area contributed by atoms with Crippen molar-refractivity contribution in [1.29, 1.82) is 5.26 Å². The van der Waals surface area contributed by atoms with E-state index in [2.05, 4.69) is 26.8 Å². The van der Waals surface area contributed by atoms with E-state index in [9.17, 15) is 14.3 Å². The number of nitrogens with zero attached hydrogens (tertiary/aromatic N) is 6. The number of aromatic carboxylic acids is 1. The van der Waals surface area contributed by atoms with Crippen molar-refractivity contribution in [3.8, 4) is 11.9 Å². The van der Waals surface area contributed by atoms with Crippen LogP contribution in [0, 0.1) is 22.6 Å². The molecular formula is C29H30FN7O4. The van der Waals surface area contributed by atoms with Gasteiger partial charge in [-0.15, -0.1) is 0 Å². The van der Waals surface area contributed by atoms with Gasteiger partial charge in [-0.05, 0) is 42.9 Å². The van der Waals surface area contributed by atoms with Crippen molar-refractivity contribution in [2.24, 2.45) is 5.41 Å². The Bertz CT molecular complexity index is 1630. The summed E-state index contributed by atoms with van der Waals surface area (Å²) in [5, 5.41) is 18.3. The van der Waals surface area contributed by atoms with Gasteiger partial charge in [0.2, 0.25) is 11.7 Å². The van der Waals surface area contributed by atoms with E-state index in [-0.39, 0.29) is 29.5 Å². The third-order valence-corrected chi connectivity index (χ3v) is 8.00. The minimum absolute atomic E-state index is 0.0153. The molecule has 2 fully saturated rings. The summed E-state index contributed by atoms with van der Waals surface area (Å²) in [6, 6.07) is 11.8. The molecule has 0 saturated carbocycles. The summed E-state index contributed by atoms with van der Waals surface area (Å²) in [5.41, 5.74) is 1.64. The fourth-order valence-electron chi connectivity index (χ4n) is 5.37. The number of carboxylic acid groups (broad SMARTS) is 1. The van der Waals surface area contributed by atoms with E-state index in [1.165, 1.54) is 6.07 Å². The highest BCUT2D eigenvalue weighted by atomic mass is 19.1. The molecule has 5 heterocycles. The molecule has 2 N–H and O–H groups in total. The summed E-state index contributed by atoms with van der Waals surface area (Å²) in [5.74, 6) is 0.380. The average Bonchev–Trinajstić information content (AvgIpc) is 3.48. The number of aromatic nitrogens is 5. The lowest BCUT2D eigenvalue weighted by Crippen LogP contribution is -2.40. The second kappa shape index (κ2) is 10.8. The highest BCUT2D eigenvalue weighted by Crippen LogP contribution is 2.37. The van der Waals surface area contributed by atoms with Crippen LogP contribution in [0.25, 0.3) is 11.3 Å². The molecule has 3 aromatic heterocycles. The number of halogens is 1. The van der Waals surface area contributed by atoms with Crippen molar-refractivity contribution in [3.05, 3.63) is 65.0 Å². The number of nitrogens with one attached hydrogen (secondary N) is 1. The second-order valence-electron chi connectivity index (χ2n) is 11.0. The molecule has 4 aromatic rings. The zero-order valence-corrected chi connectivity index (χ0v) is 22.6. The summed E-state index contributed by atoms with van der Waals surface area (Å²) in [6.07, 6.45) is 3.59. The molecule has 0 bridgehead atoms. The molecule has 0 aliphatic carbocycles. The number of imidazole rings is 2. The molecule has 212 valence electrons. The average molecular weight is 560 g/mol. The standard InChI is InChI=1S/C29H30FN7O4/c1-29(14-23-33-25-27(35-26(34-25)28(38)39)37(23)16-20-7-12-40-20)8-10-36(11-9-29)22-3-2-4-24(32-22)41-17-19-6-5-18(15-31)13-21(19)30/h2-6,13,20H,7-12,14,16-17H2,1H3,(H,34,35)(H,38,39)/t20-/m0/s1. The van der Waals surface area contributed by atoms with Gasteiger partial charge < -0.3 is 29.0 Å². The lowest BCUT2D eigenvalue weighted by molar-refractivity contribution is -0.0592. The molecule has 2 saturated heterocycles. The van der Waals surface area contributed by atoms with Crippen LogP contribution >= 0.6 is 0 Å². The van der Waals surface area contributed by atoms with E-state index in [0.717, 1.165) is 57.0 Å². The summed E-state index contributed by atoms with van der Waals surface area (Å²) in [7, 11) is 0. The monoisotopic (exact) mass is 559 g/mol. The van der Waals surface area contributed by atoms with E-state index >= 15 is 0 Å². The number of ether oxygens (including phenoxy) is 2. The Kier molecular flexibility index (Phi) is 7.05. The first-order chi connectivity index (χ1) is 19.8. The fourth-order valence-corrected chi connectivity index (χ4v) is 5.37. The maximum absolute atomic E-state index is 14.2. The number of fused-ring (bicyclic) bond motifs is 1. The number of benzene rings is 1. The van der Waals surface area contributed by atoms with Crippen molar-refractivity contribution >= 4 is 23.1 Å². The van der Waals surface area contributed by atoms with Crippen LogP contribution in [0.1, 0.15) is 53.8 Å². The summed E-state index contributed by atoms with van der Waals surface area (Å²) in [4.78, 5) is 30.2. The summed E-state index contributed by atoms with van der Waals surface area (Å²) < 4.78 is 27.7. The van der Waals surface area contributed by atoms with Crippen LogP contribution < -0.4 is 9.64 Å². The minimum Gasteiger partial charge on any atom is -0.475 e. The molecular weight excluding hydrogens is 529 g/mol. The molecule has 1 aromatic carbocycles. The van der Waals surface area contributed by atoms with Crippen LogP contribution in [0.4, 0.5) is 10.2 Å². The van der Waals surface area contributed by atoms with Crippen molar-refractivity contribution < 1.29 is 23.8 Å². The largest absolute Gasteiger partial charge is 0.475 e. The Balaban J connectivity index is 1.11. The van der Waals surface area contributed by atoms with Crippen molar-refractivity contribution in [3.63, 3.8) is 0 Å². The van der Waals surface area contributed by atoms with Crippen LogP contribution in [0.2, 0.25) is 0 Å². The number of aromatic amines is 1. The quantitative estimate of drug-likeness (QED) is 0.310. The van der Waals surface area contributed by atoms with E-state index in [4.69, 9.17) is 19.7 Å². The summed E-state index contributed by atoms with van der Waals surface area (Å²) >= 11 is 0. The predicted molar refractivity (Wildman–Crippen MR) is 146 cm³/mol. The van der Waals surface area contributed by atoms with Crippen LogP contribution in [0.3, 0.4) is 0 Å². The first kappa shape index (κ1) is 26.7. The number of hydrogen-bond donors (Lipinski definition) is 2. The number of pyridine rings is 1. The molecule has 1 atom stereocenters. The molecule has 11 nitrogen and oxygen atoms in total. The lowest BCUT2D eigenvalue weighted by atomic mass is 9.77. The summed E-state index contributed by atoms with van der Waals surface area (Å²) in [6.45, 7) is 5.19. The van der Waals surface area contributed by atoms with Gasteiger partial charge >= 0.3 is 5.97 Å². The third-order valence-electron chi connectivity index (χ3n) is 8.00. The van der Waals surface area contributed by atoms with Crippen molar-refractivity contribution in [2.45, 2.75) is 51.9 Å². The van der Waals surface area contributed by atoms with Crippen LogP contribution in [0.5, 0.6) is 5.88 Å². The molecule has 41 heavy (non-hydrogen) atoms. The fraction of sp³-hybridized carbons (Fsp3) is 0.414. The number of rotatable bonds is 9. The first-order valence-electron chi connectivity index (χ1n) is 13.6. The number of nitriles is 1. The zero-order chi connectivity index (χ0) is 28.6. The smallest absolute Gasteiger partial charge is 0.372 e. The van der Waals surface area contributed by atoms with Crippen LogP contribution in [-0.4, -0.2) is 61.4 Å². The van der Waals surface area contributed by atoms with Crippen molar-refractivity contribution in [1.82, 2.24) is 24.5 Å². The number of carboxylic acids is 1. The molecule has 0 unspecified atom stereocenters. The maximum atomic E-state index is 14.2. The minimum atomic E-state index is -1.11. The Hall–Kier alpha value is -4.50. The number of H-pyrrole nitrogens is 1. The number of piperidine rings is 1. The van der Waals surface area contributed by atoms with Gasteiger partial charge in [-0.2, -0.15) is 10.2 Å². The number of hydrogen-bond acceptors (Lipinski definition) is 8. The van der Waals surface area contributed by atoms with Gasteiger partial charge in [0.1, 0.15) is 24.1 Å². The number of carbonyl (C=O) groups is 1. The van der Waals surface area contributed by atoms with Gasteiger partial charge in [0.05, 0.1) is 24.3 Å². The second-order valence-corrected chi connectivity index (χ2v) is 11.0. The van der Waals surface area contributed by atoms with E-state index in [0.29, 0.717) is 29.3 Å². The van der Waals surface area contributed by atoms with Gasteiger partial charge in [0.25, 0.3) is 0 Å². The Morgan fingerprint density at radius 2 is 2.07 bits per heavy atom. The first-order valence-corrected chi connectivity index (χ1v) is 13.6. The third kappa shape index (κ3) is 5.58. The topological polar surface area (TPSA) is 142 Å². The molecule has 2 aliphatic heterocycles. The van der Waals surface area contributed by atoms with E-state index < -0.39 is 11.8 Å². The predicted octanol–water partition coefficient (Wildman–Crippen LogP) is 4.08. The maximum Gasteiger partial charge on any atom is 0.372 e. The normalized spacial score (nSPS) is 18.2. The Morgan fingerprint density at radius 3 is 2.76 bits per heavy atom. The number of anilines is 1. The van der Waals surface area contributed by atoms with Gasteiger partial charge in [0.15, 0.2) is 11.3 Å². The highest BCUT2D eigenvalue weighted by molar-refractivity contribution is 5.87. The van der Waals surface area contributed by atoms with E-state index in [1.807, 2.05) is 22.8 Å². The van der Waals surface area contributed by atoms with Gasteiger partial charge in [-0.3, -0.25) is 0 Å². The van der Waals surface area contributed by atoms with Gasteiger partial charge in [-0.1, -0.05) is 19.1 Å². The molecule has 2 aliphatic rings. The van der Waals surface area contributed by atoms with Gasteiger partial charge in [-0.25, -0.2) is 19.2 Å². The van der Waals surface area contributed by atoms with Crippen LogP contribution in [-0.2, 0) is 24.3 Å². The zero-order valence-electron chi connectivity index (χ0n) is 22.6. The van der Waals surface area contributed by atoms with Gasteiger partial charge in [0, 0.05) is 37.7 Å². The molecule has 12 heteroatoms. The van der Waals surface area contributed by atoms with E-state index in [1.54, 1.807) is 18.2 Å². The van der Waals surface area contributed by atoms with Crippen molar-refractivity contribution in [2.75, 3.05) is 24.6 Å². The molecule has 6 rings (SSSR count). The molecule has 0 spiro atoms. The highest BCUT2D eigenvalue weighted by Gasteiger charge is 2.34.